The van der Waals surface area contributed by atoms with Crippen LogP contribution in [0, 0.1) is 10.1 Å². The molecule has 0 radical (unpaired) electrons. The maximum atomic E-state index is 12.8. The fourth-order valence-electron chi connectivity index (χ4n) is 1.01. The van der Waals surface area contributed by atoms with E-state index in [4.69, 9.17) is 11.5 Å². The van der Waals surface area contributed by atoms with Crippen molar-refractivity contribution >= 4 is 17.3 Å². The van der Waals surface area contributed by atoms with Crippen LogP contribution in [0.3, 0.4) is 0 Å². The molecule has 94 valence electrons. The molecule has 0 aliphatic rings. The molecule has 0 atom stereocenters. The number of rotatable bonds is 5. The highest BCUT2D eigenvalue weighted by Gasteiger charge is 2.26. The first-order valence-corrected chi connectivity index (χ1v) is 4.58. The summed E-state index contributed by atoms with van der Waals surface area (Å²) in [5.74, 6) is -3.38. The first kappa shape index (κ1) is 13.0. The van der Waals surface area contributed by atoms with Gasteiger partial charge in [-0.05, 0) is 6.07 Å². The third kappa shape index (κ3) is 3.48. The Kier molecular flexibility index (Phi) is 3.73. The SMILES string of the molecule is NCC(F)(F)CNc1ccc([N+](=O)[O-])c(N)n1. The van der Waals surface area contributed by atoms with Crippen LogP contribution < -0.4 is 16.8 Å². The number of anilines is 2. The van der Waals surface area contributed by atoms with Crippen molar-refractivity contribution in [3.63, 3.8) is 0 Å². The number of nitrogens with two attached hydrogens (primary N) is 2. The van der Waals surface area contributed by atoms with Crippen molar-refractivity contribution < 1.29 is 13.7 Å². The molecule has 0 aliphatic heterocycles. The standard InChI is InChI=1S/C8H11F2N5O2/c9-8(10,3-11)4-13-6-2-1-5(15(16)17)7(12)14-6/h1-2H,3-4,11H2,(H3,12,13,14). The number of aromatic nitrogens is 1. The van der Waals surface area contributed by atoms with Crippen molar-refractivity contribution in [2.75, 3.05) is 24.1 Å². The molecule has 0 fully saturated rings. The van der Waals surface area contributed by atoms with Crippen LogP contribution in [0.25, 0.3) is 0 Å². The molecule has 0 saturated heterocycles. The van der Waals surface area contributed by atoms with E-state index in [9.17, 15) is 18.9 Å². The van der Waals surface area contributed by atoms with Gasteiger partial charge in [0.05, 0.1) is 18.0 Å². The van der Waals surface area contributed by atoms with Crippen LogP contribution in [0.15, 0.2) is 12.1 Å². The van der Waals surface area contributed by atoms with Gasteiger partial charge in [0.15, 0.2) is 0 Å². The van der Waals surface area contributed by atoms with Gasteiger partial charge < -0.3 is 16.8 Å². The number of halogens is 2. The number of nitrogens with zero attached hydrogens (tertiary/aromatic N) is 2. The summed E-state index contributed by atoms with van der Waals surface area (Å²) in [5.41, 5.74) is 9.75. The molecule has 0 spiro atoms. The fraction of sp³-hybridized carbons (Fsp3) is 0.375. The van der Waals surface area contributed by atoms with E-state index in [1.54, 1.807) is 0 Å². The maximum Gasteiger partial charge on any atom is 0.311 e. The molecule has 1 aromatic rings. The van der Waals surface area contributed by atoms with Crippen molar-refractivity contribution in [1.82, 2.24) is 4.98 Å². The molecule has 7 nitrogen and oxygen atoms in total. The topological polar surface area (TPSA) is 120 Å². The summed E-state index contributed by atoms with van der Waals surface area (Å²) in [7, 11) is 0. The van der Waals surface area contributed by atoms with Crippen molar-refractivity contribution in [1.29, 1.82) is 0 Å². The molecule has 0 unspecified atom stereocenters. The van der Waals surface area contributed by atoms with Crippen molar-refractivity contribution in [2.45, 2.75) is 5.92 Å². The molecule has 17 heavy (non-hydrogen) atoms. The van der Waals surface area contributed by atoms with E-state index in [-0.39, 0.29) is 17.3 Å². The van der Waals surface area contributed by atoms with Gasteiger partial charge in [0.1, 0.15) is 5.82 Å². The molecule has 0 bridgehead atoms. The van der Waals surface area contributed by atoms with E-state index in [0.717, 1.165) is 6.07 Å². The van der Waals surface area contributed by atoms with Gasteiger partial charge in [0.2, 0.25) is 5.82 Å². The average Bonchev–Trinajstić information content (AvgIpc) is 2.26. The van der Waals surface area contributed by atoms with Crippen molar-refractivity contribution in [3.05, 3.63) is 22.2 Å². The Balaban J connectivity index is 2.75. The van der Waals surface area contributed by atoms with Gasteiger partial charge in [-0.3, -0.25) is 10.1 Å². The summed E-state index contributed by atoms with van der Waals surface area (Å²) < 4.78 is 25.6. The summed E-state index contributed by atoms with van der Waals surface area (Å²) in [4.78, 5) is 13.3. The minimum absolute atomic E-state index is 0.0289. The van der Waals surface area contributed by atoms with Crippen LogP contribution in [0.1, 0.15) is 0 Å². The van der Waals surface area contributed by atoms with E-state index >= 15 is 0 Å². The van der Waals surface area contributed by atoms with Gasteiger partial charge in [-0.1, -0.05) is 0 Å². The molecule has 1 aromatic heterocycles. The van der Waals surface area contributed by atoms with Gasteiger partial charge in [-0.15, -0.1) is 0 Å². The molecule has 0 aliphatic carbocycles. The zero-order valence-corrected chi connectivity index (χ0v) is 8.69. The summed E-state index contributed by atoms with van der Waals surface area (Å²) in [6, 6.07) is 2.28. The van der Waals surface area contributed by atoms with E-state index in [1.807, 2.05) is 0 Å². The van der Waals surface area contributed by atoms with Gasteiger partial charge >= 0.3 is 5.69 Å². The summed E-state index contributed by atoms with van der Waals surface area (Å²) >= 11 is 0. The lowest BCUT2D eigenvalue weighted by molar-refractivity contribution is -0.384. The third-order valence-electron chi connectivity index (χ3n) is 1.93. The second-order valence-electron chi connectivity index (χ2n) is 3.27. The molecule has 5 N–H and O–H groups in total. The number of hydrogen-bond donors (Lipinski definition) is 3. The zero-order chi connectivity index (χ0) is 13.1. The molecular weight excluding hydrogens is 236 g/mol. The quantitative estimate of drug-likeness (QED) is 0.517. The van der Waals surface area contributed by atoms with Crippen LogP contribution >= 0.6 is 0 Å². The molecular formula is C8H11F2N5O2. The lowest BCUT2D eigenvalue weighted by Crippen LogP contribution is -2.35. The third-order valence-corrected chi connectivity index (χ3v) is 1.93. The van der Waals surface area contributed by atoms with Crippen LogP contribution in [-0.4, -0.2) is 28.9 Å². The molecule has 1 rings (SSSR count). The molecule has 9 heteroatoms. The van der Waals surface area contributed by atoms with Crippen LogP contribution in [0.2, 0.25) is 0 Å². The number of nitrogens with one attached hydrogen (secondary N) is 1. The monoisotopic (exact) mass is 247 g/mol. The van der Waals surface area contributed by atoms with Gasteiger partial charge in [0, 0.05) is 6.07 Å². The maximum absolute atomic E-state index is 12.8. The van der Waals surface area contributed by atoms with E-state index in [2.05, 4.69) is 10.3 Å². The molecule has 0 saturated carbocycles. The predicted molar refractivity (Wildman–Crippen MR) is 57.8 cm³/mol. The average molecular weight is 247 g/mol. The van der Waals surface area contributed by atoms with Gasteiger partial charge in [-0.2, -0.15) is 0 Å². The minimum atomic E-state index is -3.07. The van der Waals surface area contributed by atoms with Crippen molar-refractivity contribution in [2.24, 2.45) is 5.73 Å². The first-order valence-electron chi connectivity index (χ1n) is 4.58. The smallest absolute Gasteiger partial charge is 0.311 e. The second-order valence-corrected chi connectivity index (χ2v) is 3.27. The second kappa shape index (κ2) is 4.87. The Bertz CT molecular complexity index is 426. The largest absolute Gasteiger partial charge is 0.378 e. The number of pyridine rings is 1. The Hall–Kier alpha value is -2.03. The zero-order valence-electron chi connectivity index (χ0n) is 8.69. The highest BCUT2D eigenvalue weighted by atomic mass is 19.3. The van der Waals surface area contributed by atoms with E-state index < -0.39 is 23.9 Å². The van der Waals surface area contributed by atoms with E-state index in [1.165, 1.54) is 6.07 Å². The first-order chi connectivity index (χ1) is 7.85. The minimum Gasteiger partial charge on any atom is -0.378 e. The van der Waals surface area contributed by atoms with E-state index in [0.29, 0.717) is 0 Å². The Morgan fingerprint density at radius 2 is 2.18 bits per heavy atom. The summed E-state index contributed by atoms with van der Waals surface area (Å²) in [5, 5.41) is 12.7. The Morgan fingerprint density at radius 3 is 2.65 bits per heavy atom. The fourth-order valence-corrected chi connectivity index (χ4v) is 1.01. The number of nitrogen functional groups attached to an aromatic ring is 1. The highest BCUT2D eigenvalue weighted by molar-refractivity contribution is 5.57. The normalized spacial score (nSPS) is 11.2. The molecule has 1 heterocycles. The number of nitro groups is 1. The van der Waals surface area contributed by atoms with Gasteiger partial charge in [0.25, 0.3) is 5.92 Å². The molecule has 0 amide bonds. The number of hydrogen-bond acceptors (Lipinski definition) is 6. The highest BCUT2D eigenvalue weighted by Crippen LogP contribution is 2.21. The van der Waals surface area contributed by atoms with Crippen molar-refractivity contribution in [3.8, 4) is 0 Å². The van der Waals surface area contributed by atoms with Crippen LogP contribution in [0.5, 0.6) is 0 Å². The van der Waals surface area contributed by atoms with Crippen LogP contribution in [-0.2, 0) is 0 Å². The lowest BCUT2D eigenvalue weighted by Gasteiger charge is -2.14. The Morgan fingerprint density at radius 1 is 1.53 bits per heavy atom. The Labute approximate surface area is 95.0 Å². The van der Waals surface area contributed by atoms with Crippen LogP contribution in [0.4, 0.5) is 26.1 Å². The number of alkyl halides is 2. The predicted octanol–water partition coefficient (Wildman–Crippen LogP) is 0.578. The summed E-state index contributed by atoms with van der Waals surface area (Å²) in [6.45, 7) is -1.52. The summed E-state index contributed by atoms with van der Waals surface area (Å²) in [6.07, 6.45) is 0. The van der Waals surface area contributed by atoms with Gasteiger partial charge in [-0.25, -0.2) is 13.8 Å². The molecule has 0 aromatic carbocycles. The lowest BCUT2D eigenvalue weighted by atomic mass is 10.3.